The number of likely N-dealkylation sites (tertiary alicyclic amines) is 1. The Hall–Kier alpha value is -2.08. The first-order chi connectivity index (χ1) is 13.1. The molecule has 0 radical (unpaired) electrons. The molecule has 0 aliphatic carbocycles. The molecule has 0 aromatic heterocycles. The van der Waals surface area contributed by atoms with Crippen molar-refractivity contribution in [1.29, 1.82) is 0 Å². The van der Waals surface area contributed by atoms with E-state index in [0.29, 0.717) is 38.0 Å². The summed E-state index contributed by atoms with van der Waals surface area (Å²) in [5.41, 5.74) is 0.974. The molecule has 0 saturated carbocycles. The second-order valence-corrected chi connectivity index (χ2v) is 8.14. The molecule has 27 heavy (non-hydrogen) atoms. The number of anilines is 1. The Balaban J connectivity index is 1.48. The summed E-state index contributed by atoms with van der Waals surface area (Å²) in [6.45, 7) is 3.60. The lowest BCUT2D eigenvalue weighted by Gasteiger charge is -2.46. The molecule has 3 aliphatic heterocycles. The summed E-state index contributed by atoms with van der Waals surface area (Å²) in [6, 6.07) is 7.84. The van der Waals surface area contributed by atoms with Crippen LogP contribution in [0.15, 0.2) is 24.3 Å². The van der Waals surface area contributed by atoms with Crippen LogP contribution in [-0.2, 0) is 4.79 Å². The van der Waals surface area contributed by atoms with E-state index in [2.05, 4.69) is 10.2 Å². The molecular formula is C21H29N3O3. The molecule has 2 amide bonds. The number of aliphatic hydroxyl groups excluding tert-OH is 1. The van der Waals surface area contributed by atoms with Gasteiger partial charge in [-0.05, 0) is 62.8 Å². The Bertz CT molecular complexity index is 699. The third kappa shape index (κ3) is 3.43. The van der Waals surface area contributed by atoms with Crippen LogP contribution in [0, 0.1) is 5.41 Å². The zero-order valence-electron chi connectivity index (χ0n) is 15.8. The van der Waals surface area contributed by atoms with Crippen LogP contribution in [0.5, 0.6) is 0 Å². The molecule has 4 rings (SSSR count). The van der Waals surface area contributed by atoms with E-state index in [-0.39, 0.29) is 11.8 Å². The minimum Gasteiger partial charge on any atom is -0.392 e. The normalized spacial score (nSPS) is 28.9. The highest BCUT2D eigenvalue weighted by Crippen LogP contribution is 2.37. The number of rotatable bonds is 2. The Morgan fingerprint density at radius 2 is 1.81 bits per heavy atom. The Morgan fingerprint density at radius 3 is 2.52 bits per heavy atom. The van der Waals surface area contributed by atoms with E-state index in [1.165, 1.54) is 24.9 Å². The van der Waals surface area contributed by atoms with Gasteiger partial charge in [0.25, 0.3) is 5.91 Å². The predicted molar refractivity (Wildman–Crippen MR) is 104 cm³/mol. The molecule has 6 heteroatoms. The number of amides is 2. The molecule has 1 spiro atoms. The number of benzene rings is 1. The van der Waals surface area contributed by atoms with E-state index in [1.807, 2.05) is 24.3 Å². The first-order valence-corrected chi connectivity index (χ1v) is 10.2. The topological polar surface area (TPSA) is 72.9 Å². The van der Waals surface area contributed by atoms with Crippen molar-refractivity contribution in [2.24, 2.45) is 5.41 Å². The molecule has 6 nitrogen and oxygen atoms in total. The van der Waals surface area contributed by atoms with Crippen LogP contribution in [-0.4, -0.2) is 60.6 Å². The molecule has 0 bridgehead atoms. The summed E-state index contributed by atoms with van der Waals surface area (Å²) >= 11 is 0. The minimum absolute atomic E-state index is 0.0511. The van der Waals surface area contributed by atoms with E-state index in [0.717, 1.165) is 19.5 Å². The maximum atomic E-state index is 13.0. The average molecular weight is 371 g/mol. The highest BCUT2D eigenvalue weighted by Gasteiger charge is 2.50. The zero-order chi connectivity index (χ0) is 18.9. The first-order valence-electron chi connectivity index (χ1n) is 10.2. The van der Waals surface area contributed by atoms with E-state index < -0.39 is 11.5 Å². The molecule has 3 heterocycles. The molecule has 3 saturated heterocycles. The summed E-state index contributed by atoms with van der Waals surface area (Å²) in [6.07, 6.45) is 4.99. The van der Waals surface area contributed by atoms with Gasteiger partial charge in [-0.2, -0.15) is 0 Å². The SMILES string of the molecule is O=C(c1ccc(N2CCCCC2)cc1)N1CC[C@H](O)[C@@]2(CCCNC2=O)C1. The summed E-state index contributed by atoms with van der Waals surface area (Å²) in [4.78, 5) is 29.6. The summed E-state index contributed by atoms with van der Waals surface area (Å²) in [7, 11) is 0. The van der Waals surface area contributed by atoms with Gasteiger partial charge >= 0.3 is 0 Å². The van der Waals surface area contributed by atoms with Crippen molar-refractivity contribution in [2.45, 2.75) is 44.6 Å². The van der Waals surface area contributed by atoms with Gasteiger partial charge in [0.2, 0.25) is 5.91 Å². The van der Waals surface area contributed by atoms with Gasteiger partial charge in [-0.1, -0.05) is 0 Å². The number of nitrogens with zero attached hydrogens (tertiary/aromatic N) is 2. The third-order valence-electron chi connectivity index (χ3n) is 6.44. The Labute approximate surface area is 160 Å². The van der Waals surface area contributed by atoms with Gasteiger partial charge in [-0.3, -0.25) is 9.59 Å². The number of aliphatic hydroxyl groups is 1. The fraction of sp³-hybridized carbons (Fsp3) is 0.619. The van der Waals surface area contributed by atoms with Crippen molar-refractivity contribution in [1.82, 2.24) is 10.2 Å². The number of hydrogen-bond donors (Lipinski definition) is 2. The maximum Gasteiger partial charge on any atom is 0.253 e. The van der Waals surface area contributed by atoms with Crippen LogP contribution < -0.4 is 10.2 Å². The molecule has 3 fully saturated rings. The van der Waals surface area contributed by atoms with Crippen LogP contribution >= 0.6 is 0 Å². The second kappa shape index (κ2) is 7.50. The lowest BCUT2D eigenvalue weighted by atomic mass is 9.71. The third-order valence-corrected chi connectivity index (χ3v) is 6.44. The van der Waals surface area contributed by atoms with Crippen molar-refractivity contribution >= 4 is 17.5 Å². The molecule has 2 atom stereocenters. The van der Waals surface area contributed by atoms with E-state index >= 15 is 0 Å². The number of carbonyl (C=O) groups excluding carboxylic acids is 2. The fourth-order valence-electron chi connectivity index (χ4n) is 4.77. The van der Waals surface area contributed by atoms with Crippen molar-refractivity contribution in [2.75, 3.05) is 37.6 Å². The van der Waals surface area contributed by atoms with Crippen LogP contribution in [0.3, 0.4) is 0 Å². The highest BCUT2D eigenvalue weighted by molar-refractivity contribution is 5.95. The standard InChI is InChI=1S/C21H29N3O3/c25-18-9-14-24(15-21(18)10-4-11-22-20(21)27)19(26)16-5-7-17(8-6-16)23-12-2-1-3-13-23/h5-8,18,25H,1-4,9-15H2,(H,22,27)/t18-,21+/m0/s1. The van der Waals surface area contributed by atoms with E-state index in [1.54, 1.807) is 4.90 Å². The van der Waals surface area contributed by atoms with Crippen LogP contribution in [0.2, 0.25) is 0 Å². The number of carbonyl (C=O) groups is 2. The molecule has 0 unspecified atom stereocenters. The smallest absolute Gasteiger partial charge is 0.253 e. The van der Waals surface area contributed by atoms with Gasteiger partial charge < -0.3 is 20.2 Å². The predicted octanol–water partition coefficient (Wildman–Crippen LogP) is 1.78. The fourth-order valence-corrected chi connectivity index (χ4v) is 4.77. The van der Waals surface area contributed by atoms with Crippen molar-refractivity contribution in [3.8, 4) is 0 Å². The lowest BCUT2D eigenvalue weighted by molar-refractivity contribution is -0.147. The van der Waals surface area contributed by atoms with Gasteiger partial charge in [0.05, 0.1) is 11.5 Å². The van der Waals surface area contributed by atoms with Crippen LogP contribution in [0.4, 0.5) is 5.69 Å². The van der Waals surface area contributed by atoms with E-state index in [4.69, 9.17) is 0 Å². The van der Waals surface area contributed by atoms with E-state index in [9.17, 15) is 14.7 Å². The monoisotopic (exact) mass is 371 g/mol. The highest BCUT2D eigenvalue weighted by atomic mass is 16.3. The second-order valence-electron chi connectivity index (χ2n) is 8.14. The number of nitrogens with one attached hydrogen (secondary N) is 1. The molecule has 3 aliphatic rings. The van der Waals surface area contributed by atoms with Crippen LogP contribution in [0.1, 0.15) is 48.9 Å². The molecular weight excluding hydrogens is 342 g/mol. The largest absolute Gasteiger partial charge is 0.392 e. The van der Waals surface area contributed by atoms with Gasteiger partial charge in [0, 0.05) is 44.0 Å². The summed E-state index contributed by atoms with van der Waals surface area (Å²) in [5.74, 6) is -0.163. The zero-order valence-corrected chi connectivity index (χ0v) is 15.8. The molecule has 1 aromatic rings. The van der Waals surface area contributed by atoms with Gasteiger partial charge in [-0.15, -0.1) is 0 Å². The van der Waals surface area contributed by atoms with Crippen molar-refractivity contribution < 1.29 is 14.7 Å². The number of piperidine rings is 3. The molecule has 1 aromatic carbocycles. The maximum absolute atomic E-state index is 13.0. The lowest BCUT2D eigenvalue weighted by Crippen LogP contribution is -2.62. The first kappa shape index (κ1) is 18.3. The van der Waals surface area contributed by atoms with Crippen LogP contribution in [0.25, 0.3) is 0 Å². The molecule has 2 N–H and O–H groups in total. The van der Waals surface area contributed by atoms with Crippen molar-refractivity contribution in [3.05, 3.63) is 29.8 Å². The summed E-state index contributed by atoms with van der Waals surface area (Å²) < 4.78 is 0. The minimum atomic E-state index is -0.847. The van der Waals surface area contributed by atoms with Gasteiger partial charge in [0.1, 0.15) is 0 Å². The summed E-state index contributed by atoms with van der Waals surface area (Å²) in [5, 5.41) is 13.4. The quantitative estimate of drug-likeness (QED) is 0.831. The average Bonchev–Trinajstić information content (AvgIpc) is 2.72. The Morgan fingerprint density at radius 1 is 1.07 bits per heavy atom. The Kier molecular flexibility index (Phi) is 5.08. The van der Waals surface area contributed by atoms with Crippen molar-refractivity contribution in [3.63, 3.8) is 0 Å². The van der Waals surface area contributed by atoms with Gasteiger partial charge in [0.15, 0.2) is 0 Å². The number of hydrogen-bond acceptors (Lipinski definition) is 4. The van der Waals surface area contributed by atoms with Gasteiger partial charge in [-0.25, -0.2) is 0 Å². The molecule has 146 valence electrons.